The highest BCUT2D eigenvalue weighted by Gasteiger charge is 2.32. The van der Waals surface area contributed by atoms with Crippen molar-refractivity contribution in [3.63, 3.8) is 0 Å². The summed E-state index contributed by atoms with van der Waals surface area (Å²) in [7, 11) is 0. The molecule has 1 fully saturated rings. The fraction of sp³-hybridized carbons (Fsp3) is 0.381. The predicted octanol–water partition coefficient (Wildman–Crippen LogP) is 4.18. The van der Waals surface area contributed by atoms with E-state index in [2.05, 4.69) is 5.32 Å². The Balaban J connectivity index is 1.79. The zero-order valence-electron chi connectivity index (χ0n) is 16.3. The summed E-state index contributed by atoms with van der Waals surface area (Å²) in [5, 5.41) is 2.58. The van der Waals surface area contributed by atoms with E-state index < -0.39 is 17.6 Å². The second-order valence-electron chi connectivity index (χ2n) is 6.89. The largest absolute Gasteiger partial charge is 0.483 e. The van der Waals surface area contributed by atoms with Gasteiger partial charge < -0.3 is 19.7 Å². The number of alkyl halides is 3. The molecule has 0 unspecified atom stereocenters. The van der Waals surface area contributed by atoms with E-state index in [-0.39, 0.29) is 12.3 Å². The molecule has 0 aromatic heterocycles. The minimum Gasteiger partial charge on any atom is -0.483 e. The Kier molecular flexibility index (Phi) is 6.32. The second-order valence-corrected chi connectivity index (χ2v) is 6.89. The molecule has 156 valence electrons. The summed E-state index contributed by atoms with van der Waals surface area (Å²) < 4.78 is 50.4. The van der Waals surface area contributed by atoms with Gasteiger partial charge in [0.1, 0.15) is 5.75 Å². The van der Waals surface area contributed by atoms with Crippen LogP contribution in [0.15, 0.2) is 36.4 Å². The molecule has 1 N–H and O–H groups in total. The number of morpholine rings is 1. The number of nitrogens with zero attached hydrogens (tertiary/aromatic N) is 1. The first-order valence-electron chi connectivity index (χ1n) is 9.28. The quantitative estimate of drug-likeness (QED) is 0.807. The molecule has 1 aliphatic rings. The number of aryl methyl sites for hydroxylation is 2. The van der Waals surface area contributed by atoms with Crippen molar-refractivity contribution < 1.29 is 27.4 Å². The Morgan fingerprint density at radius 1 is 1.14 bits per heavy atom. The maximum Gasteiger partial charge on any atom is 0.416 e. The first-order valence-corrected chi connectivity index (χ1v) is 9.28. The number of halogens is 3. The van der Waals surface area contributed by atoms with Crippen LogP contribution < -0.4 is 15.0 Å². The second kappa shape index (κ2) is 8.73. The molecule has 29 heavy (non-hydrogen) atoms. The number of carbonyl (C=O) groups excluding carboxylic acids is 1. The first-order chi connectivity index (χ1) is 13.8. The maximum atomic E-state index is 13.2. The molecule has 1 heterocycles. The molecule has 0 spiro atoms. The molecular weight excluding hydrogens is 385 g/mol. The highest BCUT2D eigenvalue weighted by Crippen LogP contribution is 2.35. The molecule has 1 amide bonds. The fourth-order valence-corrected chi connectivity index (χ4v) is 3.24. The summed E-state index contributed by atoms with van der Waals surface area (Å²) in [5.74, 6) is 0.0709. The van der Waals surface area contributed by atoms with Gasteiger partial charge in [0.05, 0.1) is 30.2 Å². The van der Waals surface area contributed by atoms with Gasteiger partial charge in [0, 0.05) is 13.1 Å². The van der Waals surface area contributed by atoms with E-state index in [0.29, 0.717) is 37.7 Å². The Labute approximate surface area is 167 Å². The molecule has 1 saturated heterocycles. The van der Waals surface area contributed by atoms with Gasteiger partial charge in [-0.2, -0.15) is 13.2 Å². The summed E-state index contributed by atoms with van der Waals surface area (Å²) >= 11 is 0. The van der Waals surface area contributed by atoms with Crippen LogP contribution in [0.1, 0.15) is 16.7 Å². The molecular formula is C21H23F3N2O3. The molecule has 8 heteroatoms. The van der Waals surface area contributed by atoms with Crippen LogP contribution in [0.5, 0.6) is 5.75 Å². The van der Waals surface area contributed by atoms with Gasteiger partial charge in [0.15, 0.2) is 6.61 Å². The summed E-state index contributed by atoms with van der Waals surface area (Å²) in [4.78, 5) is 14.3. The normalized spacial score (nSPS) is 14.6. The number of amides is 1. The lowest BCUT2D eigenvalue weighted by Crippen LogP contribution is -2.37. The SMILES string of the molecule is Cc1cccc(C)c1OCC(=O)Nc1cc(C(F)(F)F)ccc1N1CCOCC1. The van der Waals surface area contributed by atoms with E-state index in [1.807, 2.05) is 36.9 Å². The van der Waals surface area contributed by atoms with Gasteiger partial charge in [-0.05, 0) is 43.2 Å². The lowest BCUT2D eigenvalue weighted by atomic mass is 10.1. The van der Waals surface area contributed by atoms with Crippen LogP contribution >= 0.6 is 0 Å². The molecule has 2 aromatic rings. The molecule has 0 saturated carbocycles. The van der Waals surface area contributed by atoms with Gasteiger partial charge in [-0.3, -0.25) is 4.79 Å². The molecule has 5 nitrogen and oxygen atoms in total. The van der Waals surface area contributed by atoms with Crippen molar-refractivity contribution in [3.8, 4) is 5.75 Å². The molecule has 1 aliphatic heterocycles. The zero-order valence-corrected chi connectivity index (χ0v) is 16.3. The van der Waals surface area contributed by atoms with Gasteiger partial charge in [0.2, 0.25) is 0 Å². The lowest BCUT2D eigenvalue weighted by molar-refractivity contribution is -0.137. The minimum atomic E-state index is -4.50. The van der Waals surface area contributed by atoms with E-state index in [4.69, 9.17) is 9.47 Å². The van der Waals surface area contributed by atoms with Crippen LogP contribution in [-0.4, -0.2) is 38.8 Å². The molecule has 0 bridgehead atoms. The zero-order chi connectivity index (χ0) is 21.0. The summed E-state index contributed by atoms with van der Waals surface area (Å²) in [6, 6.07) is 8.98. The average molecular weight is 408 g/mol. The maximum absolute atomic E-state index is 13.2. The van der Waals surface area contributed by atoms with Crippen molar-refractivity contribution in [1.82, 2.24) is 0 Å². The van der Waals surface area contributed by atoms with Gasteiger partial charge in [-0.25, -0.2) is 0 Å². The van der Waals surface area contributed by atoms with E-state index in [1.165, 1.54) is 6.07 Å². The molecule has 2 aromatic carbocycles. The molecule has 0 aliphatic carbocycles. The van der Waals surface area contributed by atoms with Gasteiger partial charge in [-0.1, -0.05) is 18.2 Å². The highest BCUT2D eigenvalue weighted by atomic mass is 19.4. The van der Waals surface area contributed by atoms with Crippen molar-refractivity contribution in [1.29, 1.82) is 0 Å². The van der Waals surface area contributed by atoms with Crippen molar-refractivity contribution >= 4 is 17.3 Å². The minimum absolute atomic E-state index is 0.108. The Hall–Kier alpha value is -2.74. The highest BCUT2D eigenvalue weighted by molar-refractivity contribution is 5.95. The Morgan fingerprint density at radius 3 is 2.41 bits per heavy atom. The van der Waals surface area contributed by atoms with Crippen LogP contribution in [0.2, 0.25) is 0 Å². The Morgan fingerprint density at radius 2 is 1.79 bits per heavy atom. The number of hydrogen-bond acceptors (Lipinski definition) is 4. The van der Waals surface area contributed by atoms with Crippen LogP contribution in [0, 0.1) is 13.8 Å². The average Bonchev–Trinajstić information content (AvgIpc) is 2.67. The third-order valence-electron chi connectivity index (χ3n) is 4.71. The fourth-order valence-electron chi connectivity index (χ4n) is 3.24. The van der Waals surface area contributed by atoms with Crippen molar-refractivity contribution in [2.75, 3.05) is 43.1 Å². The predicted molar refractivity (Wildman–Crippen MR) is 105 cm³/mol. The molecule has 3 rings (SSSR count). The number of ether oxygens (including phenoxy) is 2. The number of anilines is 2. The van der Waals surface area contributed by atoms with Gasteiger partial charge in [0.25, 0.3) is 5.91 Å². The monoisotopic (exact) mass is 408 g/mol. The van der Waals surface area contributed by atoms with E-state index in [0.717, 1.165) is 23.3 Å². The molecule has 0 radical (unpaired) electrons. The van der Waals surface area contributed by atoms with Crippen LogP contribution in [0.3, 0.4) is 0 Å². The lowest BCUT2D eigenvalue weighted by Gasteiger charge is -2.31. The van der Waals surface area contributed by atoms with E-state index >= 15 is 0 Å². The number of para-hydroxylation sites is 1. The van der Waals surface area contributed by atoms with Crippen LogP contribution in [-0.2, 0) is 15.7 Å². The van der Waals surface area contributed by atoms with Crippen molar-refractivity contribution in [3.05, 3.63) is 53.1 Å². The third kappa shape index (κ3) is 5.20. The number of nitrogens with one attached hydrogen (secondary N) is 1. The van der Waals surface area contributed by atoms with Crippen molar-refractivity contribution in [2.24, 2.45) is 0 Å². The van der Waals surface area contributed by atoms with E-state index in [1.54, 1.807) is 0 Å². The molecule has 0 atom stereocenters. The number of rotatable bonds is 5. The van der Waals surface area contributed by atoms with Gasteiger partial charge >= 0.3 is 6.18 Å². The third-order valence-corrected chi connectivity index (χ3v) is 4.71. The van der Waals surface area contributed by atoms with Crippen LogP contribution in [0.4, 0.5) is 24.5 Å². The first kappa shape index (κ1) is 21.0. The topological polar surface area (TPSA) is 50.8 Å². The summed E-state index contributed by atoms with van der Waals surface area (Å²) in [5.41, 5.74) is 1.58. The summed E-state index contributed by atoms with van der Waals surface area (Å²) in [6.07, 6.45) is -4.50. The smallest absolute Gasteiger partial charge is 0.416 e. The van der Waals surface area contributed by atoms with E-state index in [9.17, 15) is 18.0 Å². The van der Waals surface area contributed by atoms with Gasteiger partial charge in [-0.15, -0.1) is 0 Å². The van der Waals surface area contributed by atoms with Crippen molar-refractivity contribution in [2.45, 2.75) is 20.0 Å². The summed E-state index contributed by atoms with van der Waals surface area (Å²) in [6.45, 7) is 5.45. The Bertz CT molecular complexity index is 858. The number of hydrogen-bond donors (Lipinski definition) is 1. The number of carbonyl (C=O) groups is 1. The number of benzene rings is 2. The standard InChI is InChI=1S/C21H23F3N2O3/c1-14-4-3-5-15(2)20(14)29-13-19(27)25-17-12-16(21(22,23)24)6-7-18(17)26-8-10-28-11-9-26/h3-7,12H,8-11,13H2,1-2H3,(H,25,27). The van der Waals surface area contributed by atoms with Crippen LogP contribution in [0.25, 0.3) is 0 Å².